The Bertz CT molecular complexity index is 1170. The maximum absolute atomic E-state index is 11.8. The van der Waals surface area contributed by atoms with Crippen molar-refractivity contribution in [2.45, 2.75) is 48.4 Å². The van der Waals surface area contributed by atoms with Gasteiger partial charge in [-0.3, -0.25) is 9.69 Å². The quantitative estimate of drug-likeness (QED) is 0.313. The third kappa shape index (κ3) is 8.17. The molecule has 1 aliphatic rings. The van der Waals surface area contributed by atoms with Gasteiger partial charge >= 0.3 is 0 Å². The Morgan fingerprint density at radius 1 is 0.921 bits per heavy atom. The minimum atomic E-state index is -2.00. The summed E-state index contributed by atoms with van der Waals surface area (Å²) in [4.78, 5) is 14.1. The zero-order valence-corrected chi connectivity index (χ0v) is 23.3. The van der Waals surface area contributed by atoms with Crippen molar-refractivity contribution in [3.8, 4) is 0 Å². The summed E-state index contributed by atoms with van der Waals surface area (Å²) < 4.78 is 10.9. The van der Waals surface area contributed by atoms with Gasteiger partial charge in [0.25, 0.3) is 9.70 Å². The highest BCUT2D eigenvalue weighted by molar-refractivity contribution is 6.76. The molecule has 0 bridgehead atoms. The minimum absolute atomic E-state index is 0.00108. The van der Waals surface area contributed by atoms with Gasteiger partial charge in [-0.05, 0) is 29.3 Å². The van der Waals surface area contributed by atoms with Crippen LogP contribution in [0.3, 0.4) is 0 Å². The highest BCUT2D eigenvalue weighted by Crippen LogP contribution is 2.38. The number of aliphatic hydroxyl groups is 1. The molecule has 3 aromatic rings. The summed E-state index contributed by atoms with van der Waals surface area (Å²) in [5.41, 5.74) is 4.86. The molecule has 0 radical (unpaired) electrons. The van der Waals surface area contributed by atoms with Crippen molar-refractivity contribution in [1.82, 2.24) is 10.2 Å². The summed E-state index contributed by atoms with van der Waals surface area (Å²) in [6.45, 7) is 1.78. The van der Waals surface area contributed by atoms with Crippen molar-refractivity contribution in [3.05, 3.63) is 107 Å². The van der Waals surface area contributed by atoms with Gasteiger partial charge in [0.05, 0.1) is 18.8 Å². The van der Waals surface area contributed by atoms with E-state index in [-0.39, 0.29) is 25.4 Å². The first kappa shape index (κ1) is 28.8. The number of nitrogens with one attached hydrogen (secondary N) is 1. The van der Waals surface area contributed by atoms with E-state index in [0.717, 1.165) is 35.3 Å². The van der Waals surface area contributed by atoms with Crippen LogP contribution < -0.4 is 5.32 Å². The maximum atomic E-state index is 11.8. The molecule has 1 aliphatic heterocycles. The van der Waals surface area contributed by atoms with Crippen molar-refractivity contribution in [2.75, 3.05) is 13.6 Å². The number of nitrogens with zero attached hydrogens (tertiary/aromatic N) is 1. The Hall–Kier alpha value is -2.16. The highest BCUT2D eigenvalue weighted by Gasteiger charge is 2.33. The van der Waals surface area contributed by atoms with Crippen molar-refractivity contribution >= 4 is 40.7 Å². The number of carbonyl (C=O) groups excluding carboxylic acids is 1. The van der Waals surface area contributed by atoms with E-state index < -0.39 is 16.0 Å². The Kier molecular flexibility index (Phi) is 10.1. The van der Waals surface area contributed by atoms with Gasteiger partial charge in [0, 0.05) is 31.6 Å². The van der Waals surface area contributed by atoms with Crippen LogP contribution >= 0.6 is 34.8 Å². The topological polar surface area (TPSA) is 71.0 Å². The predicted octanol–water partition coefficient (Wildman–Crippen LogP) is 5.84. The second-order valence-electron chi connectivity index (χ2n) is 9.45. The van der Waals surface area contributed by atoms with Crippen LogP contribution in [0, 0.1) is 0 Å². The lowest BCUT2D eigenvalue weighted by atomic mass is 9.99. The summed E-state index contributed by atoms with van der Waals surface area (Å²) in [5.74, 6) is -0.678. The van der Waals surface area contributed by atoms with Crippen LogP contribution in [-0.4, -0.2) is 39.4 Å². The van der Waals surface area contributed by atoms with Crippen LogP contribution in [-0.2, 0) is 34.0 Å². The lowest BCUT2D eigenvalue weighted by Gasteiger charge is -2.38. The number of alkyl halides is 3. The van der Waals surface area contributed by atoms with Gasteiger partial charge in [-0.2, -0.15) is 0 Å². The molecule has 6 nitrogen and oxygen atoms in total. The molecule has 4 rings (SSSR count). The van der Waals surface area contributed by atoms with Gasteiger partial charge in [0.15, 0.2) is 6.29 Å². The van der Waals surface area contributed by atoms with Crippen LogP contribution in [0.5, 0.6) is 0 Å². The largest absolute Gasteiger partial charge is 0.392 e. The average Bonchev–Trinajstić information content (AvgIpc) is 2.92. The first-order chi connectivity index (χ1) is 18.2. The van der Waals surface area contributed by atoms with Crippen molar-refractivity contribution in [1.29, 1.82) is 0 Å². The fraction of sp³-hybridized carbons (Fsp3) is 0.345. The molecule has 3 aromatic carbocycles. The molecule has 2 N–H and O–H groups in total. The fourth-order valence-electron chi connectivity index (χ4n) is 4.42. The Balaban J connectivity index is 1.47. The molecule has 0 aliphatic carbocycles. The first-order valence-electron chi connectivity index (χ1n) is 12.4. The first-order valence-corrected chi connectivity index (χ1v) is 13.5. The molecule has 0 aromatic heterocycles. The average molecular weight is 578 g/mol. The summed E-state index contributed by atoms with van der Waals surface area (Å²) in [6, 6.07) is 25.8. The van der Waals surface area contributed by atoms with E-state index in [0.29, 0.717) is 6.42 Å². The van der Waals surface area contributed by atoms with E-state index in [1.54, 1.807) is 0 Å². The molecule has 1 saturated heterocycles. The third-order valence-electron chi connectivity index (χ3n) is 6.39. The molecule has 1 heterocycles. The number of likely N-dealkylation sites (N-methyl/N-ethyl adjacent to an activating group) is 1. The second kappa shape index (κ2) is 13.3. The van der Waals surface area contributed by atoms with Gasteiger partial charge in [-0.25, -0.2) is 0 Å². The standard InChI is InChI=1S/C29H31Cl3N2O4/c1-34(17-21-5-3-2-4-6-21)18-25-15-26(23-11-9-22(19-35)10-12-23)38-27(37-25)24-13-7-20(8-14-24)16-33-28(36)29(30,31)32/h2-14,25-27,35H,15-19H2,1H3,(H,33,36)/t25-,26+,27+/m1/s1. The molecule has 0 saturated carbocycles. The molecule has 1 fully saturated rings. The number of carbonyl (C=O) groups is 1. The molecule has 38 heavy (non-hydrogen) atoms. The van der Waals surface area contributed by atoms with Gasteiger partial charge in [0.2, 0.25) is 0 Å². The van der Waals surface area contributed by atoms with Gasteiger partial charge < -0.3 is 19.9 Å². The minimum Gasteiger partial charge on any atom is -0.392 e. The van der Waals surface area contributed by atoms with E-state index >= 15 is 0 Å². The molecular weight excluding hydrogens is 547 g/mol. The number of rotatable bonds is 9. The Morgan fingerprint density at radius 3 is 2.18 bits per heavy atom. The fourth-order valence-corrected chi connectivity index (χ4v) is 4.62. The van der Waals surface area contributed by atoms with E-state index in [4.69, 9.17) is 44.3 Å². The van der Waals surface area contributed by atoms with Crippen LogP contribution in [0.15, 0.2) is 78.9 Å². The van der Waals surface area contributed by atoms with Crippen LogP contribution in [0.1, 0.15) is 46.6 Å². The smallest absolute Gasteiger partial charge is 0.272 e. The predicted molar refractivity (Wildman–Crippen MR) is 150 cm³/mol. The molecular formula is C29H31Cl3N2O4. The monoisotopic (exact) mass is 576 g/mol. The van der Waals surface area contributed by atoms with Crippen LogP contribution in [0.25, 0.3) is 0 Å². The molecule has 9 heteroatoms. The van der Waals surface area contributed by atoms with Gasteiger partial charge in [-0.15, -0.1) is 0 Å². The molecule has 0 spiro atoms. The summed E-state index contributed by atoms with van der Waals surface area (Å²) in [7, 11) is 2.09. The summed E-state index contributed by atoms with van der Waals surface area (Å²) >= 11 is 16.9. The second-order valence-corrected chi connectivity index (χ2v) is 11.7. The lowest BCUT2D eigenvalue weighted by Crippen LogP contribution is -2.37. The summed E-state index contributed by atoms with van der Waals surface area (Å²) in [6.07, 6.45) is -0.0887. The number of hydrogen-bond donors (Lipinski definition) is 2. The third-order valence-corrected chi connectivity index (χ3v) is 6.90. The number of benzene rings is 3. The molecule has 0 unspecified atom stereocenters. The number of ether oxygens (including phenoxy) is 2. The Morgan fingerprint density at radius 2 is 1.55 bits per heavy atom. The van der Waals surface area contributed by atoms with E-state index in [1.807, 2.05) is 66.7 Å². The zero-order valence-electron chi connectivity index (χ0n) is 21.0. The SMILES string of the molecule is CN(Cc1ccccc1)C[C@H]1C[C@@H](c2ccc(CO)cc2)O[C@@H](c2ccc(CNC(=O)C(Cl)(Cl)Cl)cc2)O1. The zero-order chi connectivity index (χ0) is 27.1. The van der Waals surface area contributed by atoms with Gasteiger partial charge in [0.1, 0.15) is 0 Å². The molecule has 1 amide bonds. The van der Waals surface area contributed by atoms with E-state index in [1.165, 1.54) is 5.56 Å². The van der Waals surface area contributed by atoms with E-state index in [9.17, 15) is 9.90 Å². The highest BCUT2D eigenvalue weighted by atomic mass is 35.6. The Labute approximate surface area is 238 Å². The molecule has 202 valence electrons. The van der Waals surface area contributed by atoms with Crippen LogP contribution in [0.2, 0.25) is 0 Å². The van der Waals surface area contributed by atoms with Crippen molar-refractivity contribution < 1.29 is 19.4 Å². The van der Waals surface area contributed by atoms with Crippen molar-refractivity contribution in [3.63, 3.8) is 0 Å². The number of aliphatic hydroxyl groups excluding tert-OH is 1. The number of hydrogen-bond acceptors (Lipinski definition) is 5. The van der Waals surface area contributed by atoms with E-state index in [2.05, 4.69) is 29.4 Å². The molecule has 3 atom stereocenters. The lowest BCUT2D eigenvalue weighted by molar-refractivity contribution is -0.252. The normalized spacial score (nSPS) is 19.9. The summed E-state index contributed by atoms with van der Waals surface area (Å²) in [5, 5.41) is 12.0. The van der Waals surface area contributed by atoms with Gasteiger partial charge in [-0.1, -0.05) is 114 Å². The number of halogens is 3. The van der Waals surface area contributed by atoms with Crippen LogP contribution in [0.4, 0.5) is 0 Å². The van der Waals surface area contributed by atoms with Crippen molar-refractivity contribution in [2.24, 2.45) is 0 Å². The number of amides is 1. The maximum Gasteiger partial charge on any atom is 0.272 e.